The van der Waals surface area contributed by atoms with Crippen molar-refractivity contribution >= 4 is 44.0 Å². The van der Waals surface area contributed by atoms with Crippen LogP contribution in [0.1, 0.15) is 28.4 Å². The summed E-state index contributed by atoms with van der Waals surface area (Å²) in [6, 6.07) is 14.8. The quantitative estimate of drug-likeness (QED) is 0.313. The predicted octanol–water partition coefficient (Wildman–Crippen LogP) is 5.35. The topological polar surface area (TPSA) is 72.8 Å². The Kier molecular flexibility index (Phi) is 7.98. The van der Waals surface area contributed by atoms with E-state index in [4.69, 9.17) is 9.47 Å². The van der Waals surface area contributed by atoms with Gasteiger partial charge in [-0.15, -0.1) is 0 Å². The molecule has 0 bridgehead atoms. The molecule has 0 aliphatic rings. The number of carbonyl (C=O) groups is 1. The molecular weight excluding hydrogens is 514 g/mol. The zero-order chi connectivity index (χ0) is 21.3. The van der Waals surface area contributed by atoms with Crippen LogP contribution in [0.4, 0.5) is 0 Å². The zero-order valence-corrected chi connectivity index (χ0v) is 19.3. The van der Waals surface area contributed by atoms with Crippen LogP contribution in [0.5, 0.6) is 11.5 Å². The molecule has 1 N–H and O–H groups in total. The molecule has 1 aromatic heterocycles. The van der Waals surface area contributed by atoms with Crippen molar-refractivity contribution in [3.8, 4) is 11.5 Å². The minimum atomic E-state index is -0.313. The fourth-order valence-corrected chi connectivity index (χ4v) is 3.37. The van der Waals surface area contributed by atoms with Crippen LogP contribution in [0, 0.1) is 0 Å². The Morgan fingerprint density at radius 3 is 2.53 bits per heavy atom. The molecule has 0 saturated carbocycles. The van der Waals surface area contributed by atoms with Crippen LogP contribution < -0.4 is 14.9 Å². The number of aromatic nitrogens is 1. The highest BCUT2D eigenvalue weighted by atomic mass is 79.9. The first-order valence-corrected chi connectivity index (χ1v) is 10.7. The summed E-state index contributed by atoms with van der Waals surface area (Å²) in [7, 11) is 0. The normalized spacial score (nSPS) is 10.8. The van der Waals surface area contributed by atoms with Crippen LogP contribution in [-0.4, -0.2) is 23.7 Å². The fraction of sp³-hybridized carbons (Fsp3) is 0.136. The maximum atomic E-state index is 12.1. The van der Waals surface area contributed by atoms with Gasteiger partial charge in [0.15, 0.2) is 11.5 Å². The standard InChI is InChI=1S/C22H19Br2N3O3/c1-2-29-20-12-16(13-26-27-22(28)17-7-9-25-10-8-17)11-19(24)21(20)30-14-15-3-5-18(23)6-4-15/h3-13H,2,14H2,1H3,(H,27,28)/b26-13+. The highest BCUT2D eigenvalue weighted by molar-refractivity contribution is 9.10. The summed E-state index contributed by atoms with van der Waals surface area (Å²) < 4.78 is 13.5. The second-order valence-corrected chi connectivity index (χ2v) is 7.88. The number of nitrogens with zero attached hydrogens (tertiary/aromatic N) is 2. The van der Waals surface area contributed by atoms with E-state index >= 15 is 0 Å². The number of hydrogen-bond acceptors (Lipinski definition) is 5. The number of carbonyl (C=O) groups excluding carboxylic acids is 1. The molecule has 0 saturated heterocycles. The molecule has 1 amide bonds. The van der Waals surface area contributed by atoms with E-state index in [9.17, 15) is 4.79 Å². The number of pyridine rings is 1. The van der Waals surface area contributed by atoms with Crippen molar-refractivity contribution < 1.29 is 14.3 Å². The molecular formula is C22H19Br2N3O3. The van der Waals surface area contributed by atoms with Gasteiger partial charge in [-0.05, 0) is 70.4 Å². The molecule has 3 rings (SSSR count). The lowest BCUT2D eigenvalue weighted by atomic mass is 10.2. The number of hydrogen-bond donors (Lipinski definition) is 1. The van der Waals surface area contributed by atoms with Gasteiger partial charge in [0, 0.05) is 22.4 Å². The minimum absolute atomic E-state index is 0.313. The number of benzene rings is 2. The van der Waals surface area contributed by atoms with E-state index in [1.165, 1.54) is 0 Å². The number of nitrogens with one attached hydrogen (secondary N) is 1. The molecule has 0 spiro atoms. The Morgan fingerprint density at radius 1 is 1.10 bits per heavy atom. The first-order chi connectivity index (χ1) is 14.6. The summed E-state index contributed by atoms with van der Waals surface area (Å²) in [6.07, 6.45) is 4.65. The minimum Gasteiger partial charge on any atom is -0.490 e. The summed E-state index contributed by atoms with van der Waals surface area (Å²) in [6.45, 7) is 2.80. The first kappa shape index (κ1) is 22.0. The molecule has 6 nitrogen and oxygen atoms in total. The van der Waals surface area contributed by atoms with Gasteiger partial charge in [-0.25, -0.2) is 5.43 Å². The Balaban J connectivity index is 1.71. The van der Waals surface area contributed by atoms with E-state index in [0.29, 0.717) is 30.3 Å². The third-order valence-electron chi connectivity index (χ3n) is 3.95. The molecule has 0 aliphatic heterocycles. The van der Waals surface area contributed by atoms with Crippen LogP contribution in [0.25, 0.3) is 0 Å². The lowest BCUT2D eigenvalue weighted by molar-refractivity contribution is 0.0955. The molecule has 0 fully saturated rings. The monoisotopic (exact) mass is 531 g/mol. The summed E-state index contributed by atoms with van der Waals surface area (Å²) in [5, 5.41) is 4.03. The molecule has 8 heteroatoms. The van der Waals surface area contributed by atoms with E-state index in [-0.39, 0.29) is 5.91 Å². The van der Waals surface area contributed by atoms with Gasteiger partial charge in [0.05, 0.1) is 17.3 Å². The van der Waals surface area contributed by atoms with Crippen LogP contribution in [-0.2, 0) is 6.61 Å². The molecule has 3 aromatic rings. The highest BCUT2D eigenvalue weighted by Crippen LogP contribution is 2.37. The number of amides is 1. The van der Waals surface area contributed by atoms with Crippen molar-refractivity contribution in [3.05, 3.63) is 86.6 Å². The summed E-state index contributed by atoms with van der Waals surface area (Å²) in [4.78, 5) is 15.9. The molecule has 0 atom stereocenters. The smallest absolute Gasteiger partial charge is 0.271 e. The van der Waals surface area contributed by atoms with Crippen LogP contribution in [0.15, 0.2) is 75.0 Å². The van der Waals surface area contributed by atoms with E-state index < -0.39 is 0 Å². The van der Waals surface area contributed by atoms with Crippen molar-refractivity contribution in [3.63, 3.8) is 0 Å². The van der Waals surface area contributed by atoms with E-state index in [1.54, 1.807) is 30.7 Å². The van der Waals surface area contributed by atoms with Gasteiger partial charge in [-0.2, -0.15) is 5.10 Å². The van der Waals surface area contributed by atoms with Gasteiger partial charge >= 0.3 is 0 Å². The first-order valence-electron chi connectivity index (χ1n) is 9.14. The van der Waals surface area contributed by atoms with Crippen molar-refractivity contribution in [2.75, 3.05) is 6.61 Å². The molecule has 0 aliphatic carbocycles. The van der Waals surface area contributed by atoms with Gasteiger partial charge < -0.3 is 9.47 Å². The number of ether oxygens (including phenoxy) is 2. The Morgan fingerprint density at radius 2 is 1.83 bits per heavy atom. The van der Waals surface area contributed by atoms with E-state index in [1.807, 2.05) is 43.3 Å². The van der Waals surface area contributed by atoms with Crippen molar-refractivity contribution in [1.29, 1.82) is 0 Å². The number of halogens is 2. The zero-order valence-electron chi connectivity index (χ0n) is 16.1. The van der Waals surface area contributed by atoms with Gasteiger partial charge in [-0.3, -0.25) is 9.78 Å². The number of hydrazone groups is 1. The van der Waals surface area contributed by atoms with Crippen molar-refractivity contribution in [1.82, 2.24) is 10.4 Å². The molecule has 30 heavy (non-hydrogen) atoms. The average molecular weight is 533 g/mol. The van der Waals surface area contributed by atoms with Crippen molar-refractivity contribution in [2.45, 2.75) is 13.5 Å². The Hall–Kier alpha value is -2.71. The second-order valence-electron chi connectivity index (χ2n) is 6.11. The lowest BCUT2D eigenvalue weighted by Gasteiger charge is -2.14. The third-order valence-corrected chi connectivity index (χ3v) is 5.07. The summed E-state index contributed by atoms with van der Waals surface area (Å²) >= 11 is 6.97. The van der Waals surface area contributed by atoms with Crippen LogP contribution in [0.2, 0.25) is 0 Å². The van der Waals surface area contributed by atoms with Crippen LogP contribution in [0.3, 0.4) is 0 Å². The summed E-state index contributed by atoms with van der Waals surface area (Å²) in [5.41, 5.74) is 4.76. The van der Waals surface area contributed by atoms with Gasteiger partial charge in [0.1, 0.15) is 6.61 Å². The van der Waals surface area contributed by atoms with Crippen LogP contribution >= 0.6 is 31.9 Å². The van der Waals surface area contributed by atoms with Gasteiger partial charge in [0.25, 0.3) is 5.91 Å². The van der Waals surface area contributed by atoms with E-state index in [2.05, 4.69) is 47.4 Å². The second kappa shape index (κ2) is 10.9. The third kappa shape index (κ3) is 6.14. The number of rotatable bonds is 8. The molecule has 0 unspecified atom stereocenters. The summed E-state index contributed by atoms with van der Waals surface area (Å²) in [5.74, 6) is 0.885. The Bertz CT molecular complexity index is 1030. The SMILES string of the molecule is CCOc1cc(/C=N/NC(=O)c2ccncc2)cc(Br)c1OCc1ccc(Br)cc1. The predicted molar refractivity (Wildman–Crippen MR) is 123 cm³/mol. The fourth-order valence-electron chi connectivity index (χ4n) is 2.53. The van der Waals surface area contributed by atoms with Gasteiger partial charge in [-0.1, -0.05) is 28.1 Å². The average Bonchev–Trinajstić information content (AvgIpc) is 2.75. The maximum Gasteiger partial charge on any atom is 0.271 e. The molecule has 0 radical (unpaired) electrons. The molecule has 154 valence electrons. The largest absolute Gasteiger partial charge is 0.490 e. The Labute approximate surface area is 191 Å². The molecule has 1 heterocycles. The molecule has 2 aromatic carbocycles. The lowest BCUT2D eigenvalue weighted by Crippen LogP contribution is -2.17. The highest BCUT2D eigenvalue weighted by Gasteiger charge is 2.12. The maximum absolute atomic E-state index is 12.1. The van der Waals surface area contributed by atoms with E-state index in [0.717, 1.165) is 20.1 Å². The van der Waals surface area contributed by atoms with Gasteiger partial charge in [0.2, 0.25) is 0 Å². The van der Waals surface area contributed by atoms with Crippen molar-refractivity contribution in [2.24, 2.45) is 5.10 Å².